The SMILES string of the molecule is O=C(CC(=O)N1CCC2(CC1)OCCO2)Nc1ccccc1Cl. The van der Waals surface area contributed by atoms with E-state index in [0.717, 1.165) is 0 Å². The van der Waals surface area contributed by atoms with Crippen molar-refractivity contribution in [2.45, 2.75) is 25.0 Å². The molecule has 0 aromatic heterocycles. The van der Waals surface area contributed by atoms with Crippen molar-refractivity contribution in [2.24, 2.45) is 0 Å². The molecule has 2 aliphatic rings. The molecule has 0 saturated carbocycles. The van der Waals surface area contributed by atoms with Gasteiger partial charge in [0.2, 0.25) is 11.8 Å². The zero-order chi connectivity index (χ0) is 16.3. The Hall–Kier alpha value is -1.63. The molecule has 2 aliphatic heterocycles. The molecule has 1 aromatic carbocycles. The van der Waals surface area contributed by atoms with Gasteiger partial charge in [-0.15, -0.1) is 0 Å². The number of amides is 2. The summed E-state index contributed by atoms with van der Waals surface area (Å²) in [6.07, 6.45) is 1.09. The molecular weight excluding hydrogens is 320 g/mol. The molecule has 1 N–H and O–H groups in total. The third-order valence-corrected chi connectivity index (χ3v) is 4.48. The van der Waals surface area contributed by atoms with Gasteiger partial charge in [0.1, 0.15) is 6.42 Å². The molecule has 2 amide bonds. The van der Waals surface area contributed by atoms with Gasteiger partial charge in [0, 0.05) is 25.9 Å². The van der Waals surface area contributed by atoms with Crippen molar-refractivity contribution in [1.29, 1.82) is 0 Å². The van der Waals surface area contributed by atoms with Crippen molar-refractivity contribution in [1.82, 2.24) is 4.90 Å². The second kappa shape index (κ2) is 6.86. The monoisotopic (exact) mass is 338 g/mol. The predicted molar refractivity (Wildman–Crippen MR) is 85.1 cm³/mol. The summed E-state index contributed by atoms with van der Waals surface area (Å²) in [7, 11) is 0. The van der Waals surface area contributed by atoms with E-state index in [4.69, 9.17) is 21.1 Å². The van der Waals surface area contributed by atoms with E-state index in [2.05, 4.69) is 5.32 Å². The number of halogens is 1. The number of carbonyl (C=O) groups is 2. The van der Waals surface area contributed by atoms with Crippen LogP contribution in [0.2, 0.25) is 5.02 Å². The molecule has 0 atom stereocenters. The number of hydrogen-bond acceptors (Lipinski definition) is 4. The Kier molecular flexibility index (Phi) is 4.84. The summed E-state index contributed by atoms with van der Waals surface area (Å²) in [4.78, 5) is 25.9. The molecule has 0 radical (unpaired) electrons. The van der Waals surface area contributed by atoms with Gasteiger partial charge in [-0.2, -0.15) is 0 Å². The van der Waals surface area contributed by atoms with Crippen LogP contribution in [-0.2, 0) is 19.1 Å². The van der Waals surface area contributed by atoms with Gasteiger partial charge in [-0.1, -0.05) is 23.7 Å². The van der Waals surface area contributed by atoms with Crippen molar-refractivity contribution in [2.75, 3.05) is 31.6 Å². The molecule has 6 nitrogen and oxygen atoms in total. The van der Waals surface area contributed by atoms with Gasteiger partial charge in [0.25, 0.3) is 0 Å². The number of para-hydroxylation sites is 1. The van der Waals surface area contributed by atoms with Crippen molar-refractivity contribution in [3.05, 3.63) is 29.3 Å². The zero-order valence-electron chi connectivity index (χ0n) is 12.7. The molecule has 2 saturated heterocycles. The largest absolute Gasteiger partial charge is 0.347 e. The quantitative estimate of drug-likeness (QED) is 0.856. The highest BCUT2D eigenvalue weighted by molar-refractivity contribution is 6.33. The maximum Gasteiger partial charge on any atom is 0.233 e. The number of nitrogens with one attached hydrogen (secondary N) is 1. The molecule has 1 aromatic rings. The van der Waals surface area contributed by atoms with Crippen LogP contribution in [0, 0.1) is 0 Å². The topological polar surface area (TPSA) is 67.9 Å². The minimum absolute atomic E-state index is 0.192. The van der Waals surface area contributed by atoms with Crippen LogP contribution in [0.4, 0.5) is 5.69 Å². The summed E-state index contributed by atoms with van der Waals surface area (Å²) >= 11 is 5.98. The molecule has 23 heavy (non-hydrogen) atoms. The molecule has 1 spiro atoms. The average Bonchev–Trinajstić information content (AvgIpc) is 2.98. The van der Waals surface area contributed by atoms with Crippen LogP contribution >= 0.6 is 11.6 Å². The van der Waals surface area contributed by atoms with Crippen LogP contribution < -0.4 is 5.32 Å². The van der Waals surface area contributed by atoms with E-state index in [1.165, 1.54) is 0 Å². The zero-order valence-corrected chi connectivity index (χ0v) is 13.5. The minimum atomic E-state index is -0.517. The summed E-state index contributed by atoms with van der Waals surface area (Å²) in [5.74, 6) is -1.07. The van der Waals surface area contributed by atoms with Crippen LogP contribution in [0.25, 0.3) is 0 Å². The van der Waals surface area contributed by atoms with Gasteiger partial charge in [0.05, 0.1) is 23.9 Å². The Labute approximate surface area is 139 Å². The van der Waals surface area contributed by atoms with Gasteiger partial charge >= 0.3 is 0 Å². The number of ether oxygens (including phenoxy) is 2. The van der Waals surface area contributed by atoms with Crippen LogP contribution in [0.3, 0.4) is 0 Å². The molecular formula is C16H19ClN2O4. The average molecular weight is 339 g/mol. The first-order chi connectivity index (χ1) is 11.1. The predicted octanol–water partition coefficient (Wildman–Crippen LogP) is 2.03. The first-order valence-corrected chi connectivity index (χ1v) is 8.06. The summed E-state index contributed by atoms with van der Waals surface area (Å²) in [6, 6.07) is 6.93. The smallest absolute Gasteiger partial charge is 0.233 e. The van der Waals surface area contributed by atoms with Crippen LogP contribution in [-0.4, -0.2) is 48.8 Å². The number of rotatable bonds is 3. The number of hydrogen-bond donors (Lipinski definition) is 1. The Morgan fingerprint density at radius 2 is 1.83 bits per heavy atom. The maximum absolute atomic E-state index is 12.2. The van der Waals surface area contributed by atoms with Crippen LogP contribution in [0.1, 0.15) is 19.3 Å². The van der Waals surface area contributed by atoms with E-state index in [0.29, 0.717) is 49.9 Å². The molecule has 3 rings (SSSR count). The fourth-order valence-electron chi connectivity index (χ4n) is 2.89. The highest BCUT2D eigenvalue weighted by Gasteiger charge is 2.40. The van der Waals surface area contributed by atoms with Crippen molar-refractivity contribution < 1.29 is 19.1 Å². The van der Waals surface area contributed by atoms with E-state index < -0.39 is 5.79 Å². The van der Waals surface area contributed by atoms with E-state index in [1.807, 2.05) is 0 Å². The third-order valence-electron chi connectivity index (χ3n) is 4.15. The summed E-state index contributed by atoms with van der Waals surface area (Å²) in [6.45, 7) is 2.29. The van der Waals surface area contributed by atoms with Gasteiger partial charge in [0.15, 0.2) is 5.79 Å². The normalized spacial score (nSPS) is 19.8. The lowest BCUT2D eigenvalue weighted by atomic mass is 10.0. The molecule has 2 heterocycles. The van der Waals surface area contributed by atoms with Crippen LogP contribution in [0.5, 0.6) is 0 Å². The van der Waals surface area contributed by atoms with Gasteiger partial charge in [-0.05, 0) is 12.1 Å². The summed E-state index contributed by atoms with van der Waals surface area (Å²) in [5.41, 5.74) is 0.511. The van der Waals surface area contributed by atoms with E-state index >= 15 is 0 Å². The van der Waals surface area contributed by atoms with Crippen molar-refractivity contribution in [3.63, 3.8) is 0 Å². The Morgan fingerprint density at radius 3 is 2.48 bits per heavy atom. The fourth-order valence-corrected chi connectivity index (χ4v) is 3.07. The molecule has 0 aliphatic carbocycles. The number of likely N-dealkylation sites (tertiary alicyclic amines) is 1. The van der Waals surface area contributed by atoms with Crippen molar-refractivity contribution >= 4 is 29.1 Å². The summed E-state index contributed by atoms with van der Waals surface area (Å²) in [5, 5.41) is 3.11. The van der Waals surface area contributed by atoms with Gasteiger partial charge in [-0.3, -0.25) is 9.59 Å². The van der Waals surface area contributed by atoms with Crippen LogP contribution in [0.15, 0.2) is 24.3 Å². The Balaban J connectivity index is 1.49. The number of carbonyl (C=O) groups excluding carboxylic acids is 2. The number of piperidine rings is 1. The van der Waals surface area contributed by atoms with E-state index in [1.54, 1.807) is 29.2 Å². The second-order valence-corrected chi connectivity index (χ2v) is 6.10. The molecule has 0 bridgehead atoms. The third kappa shape index (κ3) is 3.83. The maximum atomic E-state index is 12.2. The number of benzene rings is 1. The Bertz CT molecular complexity index is 591. The lowest BCUT2D eigenvalue weighted by molar-refractivity contribution is -0.187. The molecule has 124 valence electrons. The standard InChI is InChI=1S/C16H19ClN2O4/c17-12-3-1-2-4-13(12)18-14(20)11-15(21)19-7-5-16(6-8-19)22-9-10-23-16/h1-4H,5-11H2,(H,18,20). The highest BCUT2D eigenvalue weighted by atomic mass is 35.5. The minimum Gasteiger partial charge on any atom is -0.347 e. The second-order valence-electron chi connectivity index (χ2n) is 5.69. The lowest BCUT2D eigenvalue weighted by Gasteiger charge is -2.37. The van der Waals surface area contributed by atoms with E-state index in [9.17, 15) is 9.59 Å². The summed E-state index contributed by atoms with van der Waals surface area (Å²) < 4.78 is 11.3. The molecule has 7 heteroatoms. The fraction of sp³-hybridized carbons (Fsp3) is 0.500. The first kappa shape index (κ1) is 16.2. The highest BCUT2D eigenvalue weighted by Crippen LogP contribution is 2.31. The first-order valence-electron chi connectivity index (χ1n) is 7.68. The number of nitrogens with zero attached hydrogens (tertiary/aromatic N) is 1. The molecule has 2 fully saturated rings. The Morgan fingerprint density at radius 1 is 1.17 bits per heavy atom. The van der Waals surface area contributed by atoms with Gasteiger partial charge in [-0.25, -0.2) is 0 Å². The van der Waals surface area contributed by atoms with Crippen molar-refractivity contribution in [3.8, 4) is 0 Å². The van der Waals surface area contributed by atoms with E-state index in [-0.39, 0.29) is 18.2 Å². The lowest BCUT2D eigenvalue weighted by Crippen LogP contribution is -2.47. The van der Waals surface area contributed by atoms with Gasteiger partial charge < -0.3 is 19.7 Å². The molecule has 0 unspecified atom stereocenters. The number of anilines is 1.